The molecule has 0 unspecified atom stereocenters. The third-order valence-corrected chi connectivity index (χ3v) is 3.78. The maximum atomic E-state index is 12.0. The maximum absolute atomic E-state index is 12.0. The molecule has 0 bridgehead atoms. The Labute approximate surface area is 148 Å². The molecule has 2 aromatic rings. The standard InChI is InChI=1S/C20H24N2O3/c1-20(2,3)16-6-4-5-7-17(16)25-13-18(23)22-12-14-8-10-15(11-9-14)19(21)24/h4-11H,12-13H2,1-3H3,(H2,21,24)(H,22,23). The molecule has 0 fully saturated rings. The Balaban J connectivity index is 1.88. The molecule has 2 aromatic carbocycles. The Hall–Kier alpha value is -2.82. The van der Waals surface area contributed by atoms with Crippen molar-refractivity contribution in [1.82, 2.24) is 5.32 Å². The number of rotatable bonds is 6. The summed E-state index contributed by atoms with van der Waals surface area (Å²) in [6.45, 7) is 6.62. The average Bonchev–Trinajstić information content (AvgIpc) is 2.58. The Kier molecular flexibility index (Phi) is 5.80. The van der Waals surface area contributed by atoms with Crippen LogP contribution in [0.3, 0.4) is 0 Å². The molecule has 3 N–H and O–H groups in total. The van der Waals surface area contributed by atoms with Crippen molar-refractivity contribution in [2.24, 2.45) is 5.73 Å². The second kappa shape index (κ2) is 7.83. The van der Waals surface area contributed by atoms with E-state index in [1.807, 2.05) is 24.3 Å². The van der Waals surface area contributed by atoms with Gasteiger partial charge in [-0.3, -0.25) is 9.59 Å². The number of hydrogen-bond donors (Lipinski definition) is 2. The zero-order chi connectivity index (χ0) is 18.4. The van der Waals surface area contributed by atoms with Gasteiger partial charge >= 0.3 is 0 Å². The van der Waals surface area contributed by atoms with Crippen LogP contribution in [0.1, 0.15) is 42.3 Å². The normalized spacial score (nSPS) is 11.0. The van der Waals surface area contributed by atoms with Crippen molar-refractivity contribution in [3.63, 3.8) is 0 Å². The monoisotopic (exact) mass is 340 g/mol. The van der Waals surface area contributed by atoms with E-state index in [0.29, 0.717) is 12.1 Å². The SMILES string of the molecule is CC(C)(C)c1ccccc1OCC(=O)NCc1ccc(C(N)=O)cc1. The van der Waals surface area contributed by atoms with Crippen LogP contribution in [0.25, 0.3) is 0 Å². The van der Waals surface area contributed by atoms with Gasteiger partial charge in [0.1, 0.15) is 5.75 Å². The summed E-state index contributed by atoms with van der Waals surface area (Å²) >= 11 is 0. The molecule has 0 aliphatic carbocycles. The van der Waals surface area contributed by atoms with Crippen LogP contribution in [0.15, 0.2) is 48.5 Å². The van der Waals surface area contributed by atoms with Gasteiger partial charge in [-0.15, -0.1) is 0 Å². The summed E-state index contributed by atoms with van der Waals surface area (Å²) in [7, 11) is 0. The Morgan fingerprint density at radius 3 is 2.28 bits per heavy atom. The first-order chi connectivity index (χ1) is 11.8. The van der Waals surface area contributed by atoms with E-state index in [2.05, 4.69) is 26.1 Å². The molecule has 0 aliphatic rings. The fourth-order valence-corrected chi connectivity index (χ4v) is 2.39. The minimum Gasteiger partial charge on any atom is -0.483 e. The molecule has 2 amide bonds. The van der Waals surface area contributed by atoms with Gasteiger partial charge in [-0.05, 0) is 34.7 Å². The van der Waals surface area contributed by atoms with E-state index in [1.54, 1.807) is 24.3 Å². The topological polar surface area (TPSA) is 81.4 Å². The van der Waals surface area contributed by atoms with Gasteiger partial charge in [-0.2, -0.15) is 0 Å². The van der Waals surface area contributed by atoms with Crippen molar-refractivity contribution in [3.8, 4) is 5.75 Å². The lowest BCUT2D eigenvalue weighted by Crippen LogP contribution is -2.29. The summed E-state index contributed by atoms with van der Waals surface area (Å²) in [6.07, 6.45) is 0. The highest BCUT2D eigenvalue weighted by Gasteiger charge is 2.18. The lowest BCUT2D eigenvalue weighted by Gasteiger charge is -2.22. The molecular weight excluding hydrogens is 316 g/mol. The molecule has 5 heteroatoms. The summed E-state index contributed by atoms with van der Waals surface area (Å²) in [6, 6.07) is 14.5. The number of carbonyl (C=O) groups excluding carboxylic acids is 2. The third-order valence-electron chi connectivity index (χ3n) is 3.78. The van der Waals surface area contributed by atoms with Crippen LogP contribution in [-0.4, -0.2) is 18.4 Å². The van der Waals surface area contributed by atoms with E-state index >= 15 is 0 Å². The maximum Gasteiger partial charge on any atom is 0.258 e. The average molecular weight is 340 g/mol. The number of carbonyl (C=O) groups is 2. The first-order valence-electron chi connectivity index (χ1n) is 8.15. The molecule has 0 radical (unpaired) electrons. The molecule has 0 aliphatic heterocycles. The summed E-state index contributed by atoms with van der Waals surface area (Å²) in [5.74, 6) is 0.0418. The molecule has 5 nitrogen and oxygen atoms in total. The van der Waals surface area contributed by atoms with Crippen molar-refractivity contribution < 1.29 is 14.3 Å². The third kappa shape index (κ3) is 5.35. The highest BCUT2D eigenvalue weighted by atomic mass is 16.5. The predicted octanol–water partition coefficient (Wildman–Crippen LogP) is 2.78. The lowest BCUT2D eigenvalue weighted by molar-refractivity contribution is -0.123. The van der Waals surface area contributed by atoms with Crippen LogP contribution in [-0.2, 0) is 16.8 Å². The quantitative estimate of drug-likeness (QED) is 0.848. The molecule has 0 heterocycles. The highest BCUT2D eigenvalue weighted by Crippen LogP contribution is 2.30. The fourth-order valence-electron chi connectivity index (χ4n) is 2.39. The van der Waals surface area contributed by atoms with E-state index in [4.69, 9.17) is 10.5 Å². The Morgan fingerprint density at radius 1 is 1.04 bits per heavy atom. The zero-order valence-electron chi connectivity index (χ0n) is 14.8. The molecule has 0 spiro atoms. The largest absolute Gasteiger partial charge is 0.483 e. The minimum absolute atomic E-state index is 0.0491. The number of primary amides is 1. The molecule has 0 aromatic heterocycles. The summed E-state index contributed by atoms with van der Waals surface area (Å²) in [5, 5.41) is 2.80. The van der Waals surface area contributed by atoms with Crippen molar-refractivity contribution in [1.29, 1.82) is 0 Å². The molecule has 132 valence electrons. The molecule has 2 rings (SSSR count). The van der Waals surface area contributed by atoms with Crippen molar-refractivity contribution in [2.75, 3.05) is 6.61 Å². The van der Waals surface area contributed by atoms with E-state index in [-0.39, 0.29) is 17.9 Å². The van der Waals surface area contributed by atoms with Gasteiger partial charge in [-0.25, -0.2) is 0 Å². The molecule has 0 atom stereocenters. The number of nitrogens with two attached hydrogens (primary N) is 1. The summed E-state index contributed by atoms with van der Waals surface area (Å²) in [5.41, 5.74) is 7.52. The van der Waals surface area contributed by atoms with Crippen LogP contribution >= 0.6 is 0 Å². The van der Waals surface area contributed by atoms with Gasteiger partial charge in [0.05, 0.1) is 0 Å². The summed E-state index contributed by atoms with van der Waals surface area (Å²) in [4.78, 5) is 23.0. The second-order valence-electron chi connectivity index (χ2n) is 6.87. The fraction of sp³-hybridized carbons (Fsp3) is 0.300. The Bertz CT molecular complexity index is 746. The molecular formula is C20H24N2O3. The second-order valence-corrected chi connectivity index (χ2v) is 6.87. The molecule has 0 saturated carbocycles. The molecule has 25 heavy (non-hydrogen) atoms. The van der Waals surface area contributed by atoms with E-state index in [1.165, 1.54) is 0 Å². The number of benzene rings is 2. The van der Waals surface area contributed by atoms with E-state index in [0.717, 1.165) is 16.9 Å². The van der Waals surface area contributed by atoms with Gasteiger partial charge in [0.15, 0.2) is 6.61 Å². The number of nitrogens with one attached hydrogen (secondary N) is 1. The first-order valence-corrected chi connectivity index (χ1v) is 8.15. The van der Waals surface area contributed by atoms with Gasteiger partial charge in [0, 0.05) is 12.1 Å². The van der Waals surface area contributed by atoms with Crippen molar-refractivity contribution >= 4 is 11.8 Å². The van der Waals surface area contributed by atoms with Gasteiger partial charge in [-0.1, -0.05) is 51.1 Å². The number of para-hydroxylation sites is 1. The molecule has 0 saturated heterocycles. The summed E-state index contributed by atoms with van der Waals surface area (Å²) < 4.78 is 5.69. The van der Waals surface area contributed by atoms with Crippen molar-refractivity contribution in [2.45, 2.75) is 32.7 Å². The predicted molar refractivity (Wildman–Crippen MR) is 97.4 cm³/mol. The number of ether oxygens (including phenoxy) is 1. The smallest absolute Gasteiger partial charge is 0.258 e. The minimum atomic E-state index is -0.471. The van der Waals surface area contributed by atoms with Crippen LogP contribution < -0.4 is 15.8 Å². The zero-order valence-corrected chi connectivity index (χ0v) is 14.8. The van der Waals surface area contributed by atoms with Gasteiger partial charge in [0.25, 0.3) is 5.91 Å². The number of hydrogen-bond acceptors (Lipinski definition) is 3. The van der Waals surface area contributed by atoms with E-state index in [9.17, 15) is 9.59 Å². The van der Waals surface area contributed by atoms with Crippen LogP contribution in [0, 0.1) is 0 Å². The van der Waals surface area contributed by atoms with Crippen LogP contribution in [0.5, 0.6) is 5.75 Å². The van der Waals surface area contributed by atoms with Crippen molar-refractivity contribution in [3.05, 3.63) is 65.2 Å². The first kappa shape index (κ1) is 18.5. The lowest BCUT2D eigenvalue weighted by atomic mass is 9.86. The Morgan fingerprint density at radius 2 is 1.68 bits per heavy atom. The highest BCUT2D eigenvalue weighted by molar-refractivity contribution is 5.92. The van der Waals surface area contributed by atoms with Gasteiger partial charge in [0.2, 0.25) is 5.91 Å². The van der Waals surface area contributed by atoms with Crippen LogP contribution in [0.2, 0.25) is 0 Å². The van der Waals surface area contributed by atoms with E-state index < -0.39 is 5.91 Å². The van der Waals surface area contributed by atoms with Crippen LogP contribution in [0.4, 0.5) is 0 Å². The van der Waals surface area contributed by atoms with Gasteiger partial charge < -0.3 is 15.8 Å². The number of amides is 2.